The third kappa shape index (κ3) is 4.78. The van der Waals surface area contributed by atoms with Crippen LogP contribution in [0.3, 0.4) is 0 Å². The number of carbonyl (C=O) groups is 1. The topological polar surface area (TPSA) is 81.9 Å². The summed E-state index contributed by atoms with van der Waals surface area (Å²) < 4.78 is 19.5. The quantitative estimate of drug-likeness (QED) is 0.577. The Bertz CT molecular complexity index is 622. The van der Waals surface area contributed by atoms with Gasteiger partial charge in [0.25, 0.3) is 0 Å². The van der Waals surface area contributed by atoms with Crippen LogP contribution in [0, 0.1) is 5.82 Å². The minimum atomic E-state index is -0.375. The summed E-state index contributed by atoms with van der Waals surface area (Å²) in [5.41, 5.74) is 0.507. The summed E-state index contributed by atoms with van der Waals surface area (Å²) in [6, 6.07) is 5.93. The zero-order valence-electron chi connectivity index (χ0n) is 12.0. The van der Waals surface area contributed by atoms with Crippen molar-refractivity contribution in [2.24, 2.45) is 0 Å². The predicted octanol–water partition coefficient (Wildman–Crippen LogP) is 1.05. The number of tetrazole rings is 1. The lowest BCUT2D eigenvalue weighted by molar-refractivity contribution is -0.118. The van der Waals surface area contributed by atoms with E-state index >= 15 is 0 Å². The van der Waals surface area contributed by atoms with Crippen LogP contribution in [0.1, 0.15) is 6.42 Å². The molecule has 2 aromatic rings. The van der Waals surface area contributed by atoms with Crippen LogP contribution >= 0.6 is 11.8 Å². The van der Waals surface area contributed by atoms with Crippen molar-refractivity contribution in [1.29, 1.82) is 0 Å². The van der Waals surface area contributed by atoms with E-state index in [2.05, 4.69) is 20.8 Å². The second kappa shape index (κ2) is 8.44. The molecule has 0 radical (unpaired) electrons. The number of methoxy groups -OCH3 is 1. The number of ether oxygens (including phenoxy) is 1. The Kier molecular flexibility index (Phi) is 6.28. The molecule has 0 spiro atoms. The Balaban J connectivity index is 1.89. The molecule has 1 amide bonds. The van der Waals surface area contributed by atoms with E-state index in [1.165, 1.54) is 28.6 Å². The van der Waals surface area contributed by atoms with E-state index in [4.69, 9.17) is 4.74 Å². The maximum absolute atomic E-state index is 13.2. The Morgan fingerprint density at radius 3 is 3.14 bits per heavy atom. The van der Waals surface area contributed by atoms with Crippen LogP contribution in [0.4, 0.5) is 4.39 Å². The maximum Gasteiger partial charge on any atom is 0.230 e. The number of thioether (sulfide) groups is 1. The number of aromatic nitrogens is 4. The number of hydrogen-bond donors (Lipinski definition) is 1. The van der Waals surface area contributed by atoms with Crippen molar-refractivity contribution in [3.05, 3.63) is 30.1 Å². The first kappa shape index (κ1) is 16.4. The number of amides is 1. The van der Waals surface area contributed by atoms with E-state index in [1.807, 2.05) is 0 Å². The first-order chi connectivity index (χ1) is 10.7. The Morgan fingerprint density at radius 2 is 2.36 bits per heavy atom. The summed E-state index contributed by atoms with van der Waals surface area (Å²) in [6.07, 6.45) is 0.758. The van der Waals surface area contributed by atoms with Gasteiger partial charge in [-0.1, -0.05) is 17.8 Å². The molecular formula is C13H16FN5O2S. The molecule has 1 aromatic heterocycles. The maximum atomic E-state index is 13.2. The van der Waals surface area contributed by atoms with Crippen molar-refractivity contribution in [3.8, 4) is 5.69 Å². The predicted molar refractivity (Wildman–Crippen MR) is 79.3 cm³/mol. The molecule has 0 aliphatic carbocycles. The third-order valence-electron chi connectivity index (χ3n) is 2.67. The van der Waals surface area contributed by atoms with Gasteiger partial charge >= 0.3 is 0 Å². The molecule has 0 saturated heterocycles. The van der Waals surface area contributed by atoms with E-state index in [0.29, 0.717) is 24.0 Å². The van der Waals surface area contributed by atoms with Crippen LogP contribution in [0.5, 0.6) is 0 Å². The van der Waals surface area contributed by atoms with E-state index in [1.54, 1.807) is 19.2 Å². The average molecular weight is 325 g/mol. The molecule has 0 aliphatic heterocycles. The van der Waals surface area contributed by atoms with Crippen LogP contribution in [0.25, 0.3) is 5.69 Å². The van der Waals surface area contributed by atoms with Gasteiger partial charge in [-0.15, -0.1) is 5.10 Å². The molecule has 1 N–H and O–H groups in total. The molecular weight excluding hydrogens is 309 g/mol. The fraction of sp³-hybridized carbons (Fsp3) is 0.385. The highest BCUT2D eigenvalue weighted by atomic mass is 32.2. The van der Waals surface area contributed by atoms with E-state index in [-0.39, 0.29) is 17.5 Å². The molecule has 0 aliphatic rings. The summed E-state index contributed by atoms with van der Waals surface area (Å²) in [5.74, 6) is -0.308. The van der Waals surface area contributed by atoms with Gasteiger partial charge in [-0.3, -0.25) is 4.79 Å². The summed E-state index contributed by atoms with van der Waals surface area (Å²) in [7, 11) is 1.61. The van der Waals surface area contributed by atoms with Gasteiger partial charge in [0.05, 0.1) is 11.4 Å². The highest BCUT2D eigenvalue weighted by molar-refractivity contribution is 7.99. The molecule has 7 nitrogen and oxygen atoms in total. The number of rotatable bonds is 8. The Hall–Kier alpha value is -2.00. The van der Waals surface area contributed by atoms with Crippen molar-refractivity contribution >= 4 is 17.7 Å². The third-order valence-corrected chi connectivity index (χ3v) is 3.59. The summed E-state index contributed by atoms with van der Waals surface area (Å²) in [5, 5.41) is 14.4. The number of benzene rings is 1. The van der Waals surface area contributed by atoms with Crippen LogP contribution in [-0.2, 0) is 9.53 Å². The van der Waals surface area contributed by atoms with Gasteiger partial charge in [-0.05, 0) is 35.0 Å². The molecule has 0 saturated carbocycles. The SMILES string of the molecule is COCCCNC(=O)CSc1nnnn1-c1cccc(F)c1. The van der Waals surface area contributed by atoms with Crippen molar-refractivity contribution in [2.75, 3.05) is 26.0 Å². The molecule has 118 valence electrons. The summed E-state index contributed by atoms with van der Waals surface area (Å²) >= 11 is 1.19. The average Bonchev–Trinajstić information content (AvgIpc) is 2.98. The Morgan fingerprint density at radius 1 is 1.50 bits per heavy atom. The monoisotopic (exact) mass is 325 g/mol. The van der Waals surface area contributed by atoms with E-state index in [9.17, 15) is 9.18 Å². The largest absolute Gasteiger partial charge is 0.385 e. The number of hydrogen-bond acceptors (Lipinski definition) is 6. The Labute approximate surface area is 131 Å². The van der Waals surface area contributed by atoms with E-state index < -0.39 is 0 Å². The van der Waals surface area contributed by atoms with Gasteiger partial charge in [0.1, 0.15) is 5.82 Å². The van der Waals surface area contributed by atoms with Gasteiger partial charge in [0.15, 0.2) is 0 Å². The molecule has 22 heavy (non-hydrogen) atoms. The van der Waals surface area contributed by atoms with Crippen LogP contribution < -0.4 is 5.32 Å². The normalized spacial score (nSPS) is 10.6. The lowest BCUT2D eigenvalue weighted by atomic mass is 10.3. The molecule has 0 fully saturated rings. The first-order valence-electron chi connectivity index (χ1n) is 6.63. The lowest BCUT2D eigenvalue weighted by Crippen LogP contribution is -2.26. The van der Waals surface area contributed by atoms with Crippen molar-refractivity contribution < 1.29 is 13.9 Å². The van der Waals surface area contributed by atoms with Crippen LogP contribution in [0.15, 0.2) is 29.4 Å². The van der Waals surface area contributed by atoms with Crippen LogP contribution in [0.2, 0.25) is 0 Å². The van der Waals surface area contributed by atoms with Gasteiger partial charge in [0, 0.05) is 20.3 Å². The molecule has 0 unspecified atom stereocenters. The lowest BCUT2D eigenvalue weighted by Gasteiger charge is -2.05. The van der Waals surface area contributed by atoms with Crippen molar-refractivity contribution in [2.45, 2.75) is 11.6 Å². The zero-order valence-corrected chi connectivity index (χ0v) is 12.8. The molecule has 2 rings (SSSR count). The fourth-order valence-electron chi connectivity index (χ4n) is 1.66. The first-order valence-corrected chi connectivity index (χ1v) is 7.62. The smallest absolute Gasteiger partial charge is 0.230 e. The second-order valence-corrected chi connectivity index (χ2v) is 5.28. The van der Waals surface area contributed by atoms with Crippen molar-refractivity contribution in [3.63, 3.8) is 0 Å². The van der Waals surface area contributed by atoms with Crippen molar-refractivity contribution in [1.82, 2.24) is 25.5 Å². The number of halogens is 1. The van der Waals surface area contributed by atoms with Gasteiger partial charge in [-0.2, -0.15) is 4.68 Å². The standard InChI is InChI=1S/C13H16FN5O2S/c1-21-7-3-6-15-12(20)9-22-13-16-17-18-19(13)11-5-2-4-10(14)8-11/h2,4-5,8H,3,6-7,9H2,1H3,(H,15,20). The number of carbonyl (C=O) groups excluding carboxylic acids is 1. The number of nitrogens with zero attached hydrogens (tertiary/aromatic N) is 4. The molecule has 1 heterocycles. The highest BCUT2D eigenvalue weighted by Crippen LogP contribution is 2.18. The minimum Gasteiger partial charge on any atom is -0.385 e. The minimum absolute atomic E-state index is 0.116. The van der Waals surface area contributed by atoms with Gasteiger partial charge in [0.2, 0.25) is 11.1 Å². The van der Waals surface area contributed by atoms with Gasteiger partial charge < -0.3 is 10.1 Å². The zero-order chi connectivity index (χ0) is 15.8. The van der Waals surface area contributed by atoms with Gasteiger partial charge in [-0.25, -0.2) is 4.39 Å². The fourth-order valence-corrected chi connectivity index (χ4v) is 2.38. The summed E-state index contributed by atoms with van der Waals surface area (Å²) in [6.45, 7) is 1.16. The van der Waals surface area contributed by atoms with Crippen LogP contribution in [-0.4, -0.2) is 52.1 Å². The molecule has 1 aromatic carbocycles. The summed E-state index contributed by atoms with van der Waals surface area (Å²) in [4.78, 5) is 11.7. The highest BCUT2D eigenvalue weighted by Gasteiger charge is 2.11. The molecule has 0 atom stereocenters. The second-order valence-electron chi connectivity index (χ2n) is 4.34. The van der Waals surface area contributed by atoms with E-state index in [0.717, 1.165) is 6.42 Å². The molecule has 9 heteroatoms. The molecule has 0 bridgehead atoms. The number of nitrogens with one attached hydrogen (secondary N) is 1.